The summed E-state index contributed by atoms with van der Waals surface area (Å²) in [5.74, 6) is 1.45. The van der Waals surface area contributed by atoms with E-state index in [0.29, 0.717) is 12.5 Å². The molecule has 1 aliphatic rings. The van der Waals surface area contributed by atoms with Crippen LogP contribution in [0.1, 0.15) is 18.1 Å². The number of piperazine rings is 1. The Hall–Kier alpha value is -1.87. The second-order valence-electron chi connectivity index (χ2n) is 6.70. The zero-order valence-electron chi connectivity index (χ0n) is 16.1. The molecule has 0 aliphatic carbocycles. The zero-order chi connectivity index (χ0) is 18.4. The number of benzene rings is 1. The molecular formula is C20H29IN6. The Morgan fingerprint density at radius 3 is 2.59 bits per heavy atom. The predicted molar refractivity (Wildman–Crippen MR) is 124 cm³/mol. The first kappa shape index (κ1) is 21.4. The number of pyridine rings is 1. The molecule has 0 spiro atoms. The van der Waals surface area contributed by atoms with Crippen LogP contribution < -0.4 is 16.0 Å². The van der Waals surface area contributed by atoms with Crippen molar-refractivity contribution < 1.29 is 0 Å². The largest absolute Gasteiger partial charge is 0.370 e. The van der Waals surface area contributed by atoms with Gasteiger partial charge in [0, 0.05) is 38.1 Å². The first-order valence-electron chi connectivity index (χ1n) is 9.18. The highest BCUT2D eigenvalue weighted by Crippen LogP contribution is 2.14. The highest BCUT2D eigenvalue weighted by Gasteiger charge is 2.14. The lowest BCUT2D eigenvalue weighted by Gasteiger charge is -2.33. The van der Waals surface area contributed by atoms with E-state index in [2.05, 4.69) is 63.3 Å². The maximum Gasteiger partial charge on any atom is 0.193 e. The molecule has 1 fully saturated rings. The van der Waals surface area contributed by atoms with Gasteiger partial charge in [0.2, 0.25) is 0 Å². The molecule has 3 rings (SSSR count). The van der Waals surface area contributed by atoms with Crippen molar-refractivity contribution in [3.63, 3.8) is 0 Å². The number of anilines is 2. The molecule has 6 nitrogen and oxygen atoms in total. The number of rotatable bonds is 5. The molecule has 3 N–H and O–H groups in total. The predicted octanol–water partition coefficient (Wildman–Crippen LogP) is 2.94. The van der Waals surface area contributed by atoms with E-state index in [4.69, 9.17) is 5.73 Å². The van der Waals surface area contributed by atoms with Crippen LogP contribution in [-0.4, -0.2) is 49.1 Å². The van der Waals surface area contributed by atoms with Gasteiger partial charge in [0.15, 0.2) is 5.96 Å². The van der Waals surface area contributed by atoms with Gasteiger partial charge < -0.3 is 20.9 Å². The lowest BCUT2D eigenvalue weighted by atomic mass is 10.1. The topological polar surface area (TPSA) is 69.8 Å². The second kappa shape index (κ2) is 10.5. The number of guanidine groups is 1. The van der Waals surface area contributed by atoms with E-state index in [1.165, 1.54) is 5.56 Å². The Morgan fingerprint density at radius 2 is 1.93 bits per heavy atom. The maximum absolute atomic E-state index is 6.01. The average Bonchev–Trinajstić information content (AvgIpc) is 2.67. The quantitative estimate of drug-likeness (QED) is 0.392. The van der Waals surface area contributed by atoms with Crippen LogP contribution >= 0.6 is 24.0 Å². The minimum atomic E-state index is 0. The third-order valence-electron chi connectivity index (χ3n) is 4.68. The van der Waals surface area contributed by atoms with Gasteiger partial charge in [-0.2, -0.15) is 0 Å². The Morgan fingerprint density at radius 1 is 1.15 bits per heavy atom. The normalized spacial score (nSPS) is 15.3. The fourth-order valence-electron chi connectivity index (χ4n) is 2.97. The number of aliphatic imine (C=N–C) groups is 1. The lowest BCUT2D eigenvalue weighted by molar-refractivity contribution is 0.312. The van der Waals surface area contributed by atoms with E-state index in [-0.39, 0.29) is 24.0 Å². The number of nitrogens with one attached hydrogen (secondary N) is 1. The number of aromatic nitrogens is 1. The van der Waals surface area contributed by atoms with Gasteiger partial charge >= 0.3 is 0 Å². The van der Waals surface area contributed by atoms with Gasteiger partial charge in [0.05, 0.1) is 6.54 Å². The van der Waals surface area contributed by atoms with Crippen molar-refractivity contribution in [2.45, 2.75) is 19.9 Å². The summed E-state index contributed by atoms with van der Waals surface area (Å²) in [6.45, 7) is 6.85. The van der Waals surface area contributed by atoms with Gasteiger partial charge in [0.25, 0.3) is 0 Å². The number of halogens is 1. The van der Waals surface area contributed by atoms with E-state index in [1.807, 2.05) is 18.3 Å². The van der Waals surface area contributed by atoms with E-state index in [1.54, 1.807) is 0 Å². The van der Waals surface area contributed by atoms with Crippen LogP contribution in [0.5, 0.6) is 0 Å². The standard InChI is InChI=1S/C20H28N6.HI/c1-3-16-5-4-6-18(13-16)24-20(21)23-15-17-7-8-19(22-14-17)26-11-9-25(2)10-12-26;/h4-8,13-14H,3,9-12,15H2,1-2H3,(H3,21,23,24);1H. The van der Waals surface area contributed by atoms with Crippen LogP contribution in [0.25, 0.3) is 0 Å². The minimum Gasteiger partial charge on any atom is -0.370 e. The third kappa shape index (κ3) is 6.35. The Kier molecular flexibility index (Phi) is 8.30. The summed E-state index contributed by atoms with van der Waals surface area (Å²) in [5.41, 5.74) is 9.30. The van der Waals surface area contributed by atoms with Gasteiger partial charge in [-0.1, -0.05) is 25.1 Å². The van der Waals surface area contributed by atoms with Crippen LogP contribution in [-0.2, 0) is 13.0 Å². The summed E-state index contributed by atoms with van der Waals surface area (Å²) in [5, 5.41) is 3.15. The lowest BCUT2D eigenvalue weighted by Crippen LogP contribution is -2.44. The molecule has 1 saturated heterocycles. The van der Waals surface area contributed by atoms with Crippen molar-refractivity contribution in [1.29, 1.82) is 0 Å². The van der Waals surface area contributed by atoms with Gasteiger partial charge in [0.1, 0.15) is 5.82 Å². The molecular weight excluding hydrogens is 451 g/mol. The highest BCUT2D eigenvalue weighted by atomic mass is 127. The highest BCUT2D eigenvalue weighted by molar-refractivity contribution is 14.0. The molecule has 0 radical (unpaired) electrons. The molecule has 0 saturated carbocycles. The monoisotopic (exact) mass is 480 g/mol. The minimum absolute atomic E-state index is 0. The van der Waals surface area contributed by atoms with Crippen molar-refractivity contribution in [2.75, 3.05) is 43.4 Å². The van der Waals surface area contributed by atoms with Crippen LogP contribution in [0, 0.1) is 0 Å². The molecule has 0 atom stereocenters. The fraction of sp³-hybridized carbons (Fsp3) is 0.400. The molecule has 1 aliphatic heterocycles. The van der Waals surface area contributed by atoms with E-state index in [9.17, 15) is 0 Å². The number of hydrogen-bond donors (Lipinski definition) is 2. The van der Waals surface area contributed by atoms with Crippen LogP contribution in [0.2, 0.25) is 0 Å². The summed E-state index contributed by atoms with van der Waals surface area (Å²) in [7, 11) is 2.16. The molecule has 1 aromatic heterocycles. The smallest absolute Gasteiger partial charge is 0.193 e. The number of nitrogens with two attached hydrogens (primary N) is 1. The fourth-order valence-corrected chi connectivity index (χ4v) is 2.97. The summed E-state index contributed by atoms with van der Waals surface area (Å²) in [4.78, 5) is 13.7. The summed E-state index contributed by atoms with van der Waals surface area (Å²) < 4.78 is 0. The van der Waals surface area contributed by atoms with Crippen LogP contribution in [0.3, 0.4) is 0 Å². The number of nitrogens with zero attached hydrogens (tertiary/aromatic N) is 4. The zero-order valence-corrected chi connectivity index (χ0v) is 18.4. The summed E-state index contributed by atoms with van der Waals surface area (Å²) >= 11 is 0. The number of hydrogen-bond acceptors (Lipinski definition) is 4. The van der Waals surface area contributed by atoms with E-state index < -0.39 is 0 Å². The van der Waals surface area contributed by atoms with Crippen molar-refractivity contribution in [3.05, 3.63) is 53.7 Å². The van der Waals surface area contributed by atoms with Crippen LogP contribution in [0.15, 0.2) is 47.6 Å². The Bertz CT molecular complexity index is 738. The van der Waals surface area contributed by atoms with Crippen molar-refractivity contribution >= 4 is 41.4 Å². The molecule has 0 unspecified atom stereocenters. The van der Waals surface area contributed by atoms with E-state index >= 15 is 0 Å². The average molecular weight is 480 g/mol. The molecule has 146 valence electrons. The molecule has 27 heavy (non-hydrogen) atoms. The molecule has 2 heterocycles. The molecule has 1 aromatic carbocycles. The molecule has 2 aromatic rings. The second-order valence-corrected chi connectivity index (χ2v) is 6.70. The number of likely N-dealkylation sites (N-methyl/N-ethyl adjacent to an activating group) is 1. The third-order valence-corrected chi connectivity index (χ3v) is 4.68. The van der Waals surface area contributed by atoms with Crippen molar-refractivity contribution in [3.8, 4) is 0 Å². The van der Waals surface area contributed by atoms with Gasteiger partial charge in [-0.05, 0) is 42.8 Å². The van der Waals surface area contributed by atoms with Gasteiger partial charge in [-0.25, -0.2) is 9.98 Å². The maximum atomic E-state index is 6.01. The molecule has 0 amide bonds. The number of aryl methyl sites for hydroxylation is 1. The van der Waals surface area contributed by atoms with Gasteiger partial charge in [-0.15, -0.1) is 24.0 Å². The Labute approximate surface area is 178 Å². The van der Waals surface area contributed by atoms with Crippen molar-refractivity contribution in [2.24, 2.45) is 10.7 Å². The summed E-state index contributed by atoms with van der Waals surface area (Å²) in [6, 6.07) is 12.4. The summed E-state index contributed by atoms with van der Waals surface area (Å²) in [6.07, 6.45) is 2.89. The SMILES string of the molecule is CCc1cccc(NC(N)=NCc2ccc(N3CCN(C)CC3)nc2)c1.I. The molecule has 7 heteroatoms. The first-order chi connectivity index (χ1) is 12.6. The first-order valence-corrected chi connectivity index (χ1v) is 9.18. The molecule has 0 bridgehead atoms. The Balaban J connectivity index is 0.00000261. The van der Waals surface area contributed by atoms with Crippen molar-refractivity contribution in [1.82, 2.24) is 9.88 Å². The van der Waals surface area contributed by atoms with E-state index in [0.717, 1.165) is 49.7 Å². The van der Waals surface area contributed by atoms with Crippen LogP contribution in [0.4, 0.5) is 11.5 Å². The van der Waals surface area contributed by atoms with Gasteiger partial charge in [-0.3, -0.25) is 0 Å².